The molecular weight excluding hydrogens is 320 g/mol. The summed E-state index contributed by atoms with van der Waals surface area (Å²) in [4.78, 5) is 23.0. The molecule has 126 valence electrons. The van der Waals surface area contributed by atoms with Crippen molar-refractivity contribution in [1.82, 2.24) is 20.9 Å². The lowest BCUT2D eigenvalue weighted by molar-refractivity contribution is -0.125. The van der Waals surface area contributed by atoms with E-state index in [1.807, 2.05) is 6.92 Å². The van der Waals surface area contributed by atoms with Gasteiger partial charge in [-0.2, -0.15) is 0 Å². The second kappa shape index (κ2) is 8.30. The van der Waals surface area contributed by atoms with Crippen molar-refractivity contribution in [2.45, 2.75) is 18.7 Å². The first-order valence-corrected chi connectivity index (χ1v) is 8.22. The van der Waals surface area contributed by atoms with Crippen LogP contribution in [-0.4, -0.2) is 33.3 Å². The molecule has 1 rings (SSSR count). The Morgan fingerprint density at radius 2 is 1.65 bits per heavy atom. The van der Waals surface area contributed by atoms with Gasteiger partial charge in [-0.05, 0) is 26.0 Å². The number of sulfonamides is 1. The van der Waals surface area contributed by atoms with Crippen LogP contribution in [0.25, 0.3) is 0 Å². The number of hydrazine groups is 1. The normalized spacial score (nSPS) is 10.7. The van der Waals surface area contributed by atoms with E-state index in [2.05, 4.69) is 27.5 Å². The van der Waals surface area contributed by atoms with Crippen LogP contribution in [-0.2, 0) is 19.6 Å². The zero-order valence-corrected chi connectivity index (χ0v) is 13.8. The van der Waals surface area contributed by atoms with Crippen LogP contribution in [0.3, 0.4) is 0 Å². The van der Waals surface area contributed by atoms with Crippen molar-refractivity contribution in [2.75, 3.05) is 13.1 Å². The summed E-state index contributed by atoms with van der Waals surface area (Å²) in [7, 11) is -3.77. The van der Waals surface area contributed by atoms with Crippen LogP contribution < -0.4 is 20.9 Å². The Morgan fingerprint density at radius 1 is 1.04 bits per heavy atom. The molecule has 23 heavy (non-hydrogen) atoms. The molecule has 0 radical (unpaired) electrons. The molecule has 9 heteroatoms. The standard InChI is InChI=1S/C14H20N4O4S/c1-10(2)17-18-14(20)8-15-13(19)9-16-23(21,22)12-6-4-11(3)5-7-12/h4-7,16-17H,1,8-9H2,2-3H3,(H,15,19)(H,18,20). The smallest absolute Gasteiger partial charge is 0.257 e. The van der Waals surface area contributed by atoms with E-state index in [0.29, 0.717) is 5.70 Å². The molecule has 0 aliphatic heterocycles. The van der Waals surface area contributed by atoms with Gasteiger partial charge < -0.3 is 10.7 Å². The Bertz CT molecular complexity index is 683. The van der Waals surface area contributed by atoms with Gasteiger partial charge in [-0.15, -0.1) is 0 Å². The van der Waals surface area contributed by atoms with Crippen LogP contribution in [0, 0.1) is 6.92 Å². The fourth-order valence-corrected chi connectivity index (χ4v) is 2.41. The molecule has 4 N–H and O–H groups in total. The van der Waals surface area contributed by atoms with Gasteiger partial charge in [-0.3, -0.25) is 15.0 Å². The number of nitrogens with one attached hydrogen (secondary N) is 4. The summed E-state index contributed by atoms with van der Waals surface area (Å²) in [5.41, 5.74) is 6.26. The van der Waals surface area contributed by atoms with Crippen LogP contribution in [0.4, 0.5) is 0 Å². The van der Waals surface area contributed by atoms with Crippen molar-refractivity contribution in [2.24, 2.45) is 0 Å². The van der Waals surface area contributed by atoms with E-state index in [0.717, 1.165) is 5.56 Å². The fraction of sp³-hybridized carbons (Fsp3) is 0.286. The number of hydrogen-bond donors (Lipinski definition) is 4. The maximum absolute atomic E-state index is 12.0. The van der Waals surface area contributed by atoms with Gasteiger partial charge in [0.15, 0.2) is 0 Å². The summed E-state index contributed by atoms with van der Waals surface area (Å²) in [5.74, 6) is -1.10. The van der Waals surface area contributed by atoms with Crippen molar-refractivity contribution in [3.8, 4) is 0 Å². The molecule has 0 spiro atoms. The Hall–Kier alpha value is -2.39. The van der Waals surface area contributed by atoms with Crippen molar-refractivity contribution < 1.29 is 18.0 Å². The largest absolute Gasteiger partial charge is 0.346 e. The average Bonchev–Trinajstić information content (AvgIpc) is 2.49. The van der Waals surface area contributed by atoms with E-state index in [9.17, 15) is 18.0 Å². The number of carbonyl (C=O) groups is 2. The minimum atomic E-state index is -3.77. The summed E-state index contributed by atoms with van der Waals surface area (Å²) in [6.07, 6.45) is 0. The summed E-state index contributed by atoms with van der Waals surface area (Å²) in [6, 6.07) is 6.22. The number of benzene rings is 1. The summed E-state index contributed by atoms with van der Waals surface area (Å²) < 4.78 is 26.1. The molecule has 8 nitrogen and oxygen atoms in total. The molecule has 0 aliphatic carbocycles. The molecule has 0 saturated heterocycles. The number of rotatable bonds is 8. The summed E-state index contributed by atoms with van der Waals surface area (Å²) in [5, 5.41) is 2.29. The average molecular weight is 340 g/mol. The lowest BCUT2D eigenvalue weighted by atomic mass is 10.2. The molecule has 0 saturated carbocycles. The third-order valence-corrected chi connectivity index (χ3v) is 4.03. The van der Waals surface area contributed by atoms with Gasteiger partial charge in [0.05, 0.1) is 18.0 Å². The Morgan fingerprint density at radius 3 is 2.22 bits per heavy atom. The lowest BCUT2D eigenvalue weighted by Gasteiger charge is -2.09. The molecule has 0 bridgehead atoms. The summed E-state index contributed by atoms with van der Waals surface area (Å²) >= 11 is 0. The second-order valence-electron chi connectivity index (χ2n) is 4.87. The molecule has 0 fully saturated rings. The lowest BCUT2D eigenvalue weighted by Crippen LogP contribution is -2.45. The maximum atomic E-state index is 12.0. The van der Waals surface area contributed by atoms with Crippen LogP contribution in [0.2, 0.25) is 0 Å². The first-order chi connectivity index (χ1) is 10.7. The van der Waals surface area contributed by atoms with Gasteiger partial charge in [0.2, 0.25) is 15.9 Å². The molecule has 0 unspecified atom stereocenters. The second-order valence-corrected chi connectivity index (χ2v) is 6.63. The highest BCUT2D eigenvalue weighted by atomic mass is 32.2. The summed E-state index contributed by atoms with van der Waals surface area (Å²) in [6.45, 7) is 6.27. The minimum absolute atomic E-state index is 0.0688. The molecule has 0 heterocycles. The highest BCUT2D eigenvalue weighted by Gasteiger charge is 2.15. The van der Waals surface area contributed by atoms with Crippen LogP contribution in [0.15, 0.2) is 41.4 Å². The highest BCUT2D eigenvalue weighted by molar-refractivity contribution is 7.89. The van der Waals surface area contributed by atoms with Gasteiger partial charge in [0, 0.05) is 5.70 Å². The molecule has 0 atom stereocenters. The predicted octanol–water partition coefficient (Wildman–Crippen LogP) is -0.456. The zero-order valence-electron chi connectivity index (χ0n) is 13.0. The quantitative estimate of drug-likeness (QED) is 0.478. The van der Waals surface area contributed by atoms with Crippen LogP contribution in [0.1, 0.15) is 12.5 Å². The van der Waals surface area contributed by atoms with Crippen LogP contribution >= 0.6 is 0 Å². The Balaban J connectivity index is 2.42. The van der Waals surface area contributed by atoms with E-state index in [4.69, 9.17) is 0 Å². The maximum Gasteiger partial charge on any atom is 0.257 e. The van der Waals surface area contributed by atoms with Gasteiger partial charge in [-0.1, -0.05) is 24.3 Å². The van der Waals surface area contributed by atoms with Gasteiger partial charge in [0.25, 0.3) is 5.91 Å². The number of amides is 2. The highest BCUT2D eigenvalue weighted by Crippen LogP contribution is 2.09. The van der Waals surface area contributed by atoms with Crippen molar-refractivity contribution in [3.63, 3.8) is 0 Å². The van der Waals surface area contributed by atoms with Crippen molar-refractivity contribution in [3.05, 3.63) is 42.1 Å². The third-order valence-electron chi connectivity index (χ3n) is 2.62. The monoisotopic (exact) mass is 340 g/mol. The molecular formula is C14H20N4O4S. The van der Waals surface area contributed by atoms with Crippen molar-refractivity contribution >= 4 is 21.8 Å². The first kappa shape index (κ1) is 18.7. The topological polar surface area (TPSA) is 116 Å². The van der Waals surface area contributed by atoms with E-state index in [1.54, 1.807) is 19.1 Å². The predicted molar refractivity (Wildman–Crippen MR) is 85.5 cm³/mol. The van der Waals surface area contributed by atoms with E-state index in [-0.39, 0.29) is 11.4 Å². The first-order valence-electron chi connectivity index (χ1n) is 6.74. The van der Waals surface area contributed by atoms with E-state index >= 15 is 0 Å². The van der Waals surface area contributed by atoms with E-state index < -0.39 is 28.4 Å². The SMILES string of the molecule is C=C(C)NNC(=O)CNC(=O)CNS(=O)(=O)c1ccc(C)cc1. The van der Waals surface area contributed by atoms with Gasteiger partial charge in [-0.25, -0.2) is 13.1 Å². The minimum Gasteiger partial charge on any atom is -0.346 e. The third kappa shape index (κ3) is 6.94. The molecule has 1 aromatic carbocycles. The fourth-order valence-electron chi connectivity index (χ4n) is 1.42. The molecule has 0 aromatic heterocycles. The van der Waals surface area contributed by atoms with Gasteiger partial charge in [0.1, 0.15) is 0 Å². The van der Waals surface area contributed by atoms with Gasteiger partial charge >= 0.3 is 0 Å². The Labute approximate surface area is 135 Å². The van der Waals surface area contributed by atoms with Crippen molar-refractivity contribution in [1.29, 1.82) is 0 Å². The molecule has 1 aromatic rings. The van der Waals surface area contributed by atoms with E-state index in [1.165, 1.54) is 12.1 Å². The molecule has 0 aliphatic rings. The number of carbonyl (C=O) groups excluding carboxylic acids is 2. The number of aryl methyl sites for hydroxylation is 1. The number of allylic oxidation sites excluding steroid dienone is 1. The Kier molecular flexibility index (Phi) is 6.73. The zero-order chi connectivity index (χ0) is 17.5. The van der Waals surface area contributed by atoms with Crippen LogP contribution in [0.5, 0.6) is 0 Å². The molecule has 2 amide bonds. The number of hydrogen-bond acceptors (Lipinski definition) is 5.